The molecule has 0 N–H and O–H groups in total. The highest BCUT2D eigenvalue weighted by Crippen LogP contribution is 2.05. The molecule has 1 rings (SSSR count). The molecule has 0 unspecified atom stereocenters. The lowest BCUT2D eigenvalue weighted by molar-refractivity contribution is -0.134. The van der Waals surface area contributed by atoms with Gasteiger partial charge in [-0.15, -0.1) is 0 Å². The highest BCUT2D eigenvalue weighted by Gasteiger charge is 1.95. The summed E-state index contributed by atoms with van der Waals surface area (Å²) < 4.78 is 4.45. The van der Waals surface area contributed by atoms with E-state index in [2.05, 4.69) is 32.4 Å². The fraction of sp³-hybridized carbons (Fsp3) is 0.438. The van der Waals surface area contributed by atoms with Crippen molar-refractivity contribution in [2.45, 2.75) is 27.7 Å². The molecule has 0 amide bonds. The van der Waals surface area contributed by atoms with Crippen molar-refractivity contribution in [2.75, 3.05) is 7.11 Å². The highest BCUT2D eigenvalue weighted by molar-refractivity contribution is 5.86. The van der Waals surface area contributed by atoms with Gasteiger partial charge in [-0.3, -0.25) is 0 Å². The van der Waals surface area contributed by atoms with E-state index >= 15 is 0 Å². The Morgan fingerprint density at radius 3 is 1.94 bits per heavy atom. The minimum atomic E-state index is -0.334. The van der Waals surface area contributed by atoms with Crippen LogP contribution < -0.4 is 0 Å². The fourth-order valence-corrected chi connectivity index (χ4v) is 0.796. The molecule has 2 heteroatoms. The van der Waals surface area contributed by atoms with E-state index in [0.29, 0.717) is 0 Å². The lowest BCUT2D eigenvalue weighted by Crippen LogP contribution is -1.95. The summed E-state index contributed by atoms with van der Waals surface area (Å²) in [6, 6.07) is 9.59. The first-order valence-corrected chi connectivity index (χ1v) is 6.28. The van der Waals surface area contributed by atoms with Crippen LogP contribution in [0.5, 0.6) is 0 Å². The topological polar surface area (TPSA) is 26.3 Å². The van der Waals surface area contributed by atoms with E-state index in [1.165, 1.54) is 13.2 Å². The average molecular weight is 248 g/mol. The van der Waals surface area contributed by atoms with Crippen molar-refractivity contribution >= 4 is 12.0 Å². The average Bonchev–Trinajstić information content (AvgIpc) is 2.37. The Bertz CT molecular complexity index is 345. The Kier molecular flexibility index (Phi) is 8.63. The molecule has 1 aromatic carbocycles. The number of hydrogen-bond donors (Lipinski definition) is 0. The second-order valence-electron chi connectivity index (χ2n) is 4.76. The summed E-state index contributed by atoms with van der Waals surface area (Å²) in [5.74, 6) is 1.37. The normalized spacial score (nSPS) is 10.4. The second kappa shape index (κ2) is 9.46. The number of carbonyl (C=O) groups is 1. The summed E-state index contributed by atoms with van der Waals surface area (Å²) in [6.45, 7) is 8.96. The Labute approximate surface area is 111 Å². The molecule has 1 aromatic rings. The summed E-state index contributed by atoms with van der Waals surface area (Å²) in [7, 11) is 1.36. The van der Waals surface area contributed by atoms with Gasteiger partial charge in [-0.2, -0.15) is 0 Å². The number of carbonyl (C=O) groups excluding carboxylic acids is 1. The van der Waals surface area contributed by atoms with Gasteiger partial charge in [-0.05, 0) is 23.5 Å². The van der Waals surface area contributed by atoms with Crippen molar-refractivity contribution in [3.63, 3.8) is 0 Å². The largest absolute Gasteiger partial charge is 0.466 e. The summed E-state index contributed by atoms with van der Waals surface area (Å²) in [6.07, 6.45) is 3.11. The van der Waals surface area contributed by atoms with E-state index in [0.717, 1.165) is 17.4 Å². The SMILES string of the molecule is CC(C)C(C)C.COC(=O)/C=C/c1ccccc1. The van der Waals surface area contributed by atoms with Gasteiger partial charge < -0.3 is 4.74 Å². The maximum Gasteiger partial charge on any atom is 0.330 e. The zero-order chi connectivity index (χ0) is 14.0. The highest BCUT2D eigenvalue weighted by atomic mass is 16.5. The maximum atomic E-state index is 10.7. The second-order valence-corrected chi connectivity index (χ2v) is 4.76. The predicted molar refractivity (Wildman–Crippen MR) is 77.2 cm³/mol. The first-order valence-electron chi connectivity index (χ1n) is 6.28. The zero-order valence-electron chi connectivity index (χ0n) is 12.0. The van der Waals surface area contributed by atoms with Crippen LogP contribution in [0.1, 0.15) is 33.3 Å². The molecule has 0 spiro atoms. The van der Waals surface area contributed by atoms with Crippen LogP contribution in [0.2, 0.25) is 0 Å². The third-order valence-corrected chi connectivity index (χ3v) is 2.75. The van der Waals surface area contributed by atoms with Crippen LogP contribution >= 0.6 is 0 Å². The molecule has 0 radical (unpaired) electrons. The van der Waals surface area contributed by atoms with Crippen molar-refractivity contribution < 1.29 is 9.53 Å². The zero-order valence-corrected chi connectivity index (χ0v) is 12.0. The molecule has 0 heterocycles. The monoisotopic (exact) mass is 248 g/mol. The first kappa shape index (κ1) is 16.4. The van der Waals surface area contributed by atoms with Crippen molar-refractivity contribution in [1.82, 2.24) is 0 Å². The molecule has 0 aromatic heterocycles. The Morgan fingerprint density at radius 2 is 1.56 bits per heavy atom. The summed E-state index contributed by atoms with van der Waals surface area (Å²) >= 11 is 0. The van der Waals surface area contributed by atoms with Crippen LogP contribution in [0.3, 0.4) is 0 Å². The van der Waals surface area contributed by atoms with Gasteiger partial charge in [0.05, 0.1) is 7.11 Å². The molecule has 0 fully saturated rings. The lowest BCUT2D eigenvalue weighted by atomic mass is 10.0. The van der Waals surface area contributed by atoms with Gasteiger partial charge >= 0.3 is 5.97 Å². The van der Waals surface area contributed by atoms with E-state index in [1.807, 2.05) is 30.3 Å². The molecular formula is C16H24O2. The Morgan fingerprint density at radius 1 is 1.06 bits per heavy atom. The predicted octanol–water partition coefficient (Wildman–Crippen LogP) is 4.17. The van der Waals surface area contributed by atoms with Crippen LogP contribution in [0.15, 0.2) is 36.4 Å². The number of hydrogen-bond acceptors (Lipinski definition) is 2. The van der Waals surface area contributed by atoms with Crippen LogP contribution in [0.4, 0.5) is 0 Å². The van der Waals surface area contributed by atoms with Crippen molar-refractivity contribution in [2.24, 2.45) is 11.8 Å². The van der Waals surface area contributed by atoms with Crippen LogP contribution in [0, 0.1) is 11.8 Å². The van der Waals surface area contributed by atoms with Crippen LogP contribution in [-0.4, -0.2) is 13.1 Å². The maximum absolute atomic E-state index is 10.7. The van der Waals surface area contributed by atoms with E-state index in [4.69, 9.17) is 0 Å². The number of esters is 1. The van der Waals surface area contributed by atoms with Gasteiger partial charge in [0.15, 0.2) is 0 Å². The quantitative estimate of drug-likeness (QED) is 0.592. The van der Waals surface area contributed by atoms with Crippen molar-refractivity contribution in [3.8, 4) is 0 Å². The van der Waals surface area contributed by atoms with E-state index in [-0.39, 0.29) is 5.97 Å². The molecule has 0 aliphatic rings. The van der Waals surface area contributed by atoms with Gasteiger partial charge in [0.25, 0.3) is 0 Å². The number of rotatable bonds is 3. The van der Waals surface area contributed by atoms with Gasteiger partial charge in [0, 0.05) is 6.08 Å². The summed E-state index contributed by atoms with van der Waals surface area (Å²) in [4.78, 5) is 10.7. The van der Waals surface area contributed by atoms with Gasteiger partial charge in [-0.25, -0.2) is 4.79 Å². The van der Waals surface area contributed by atoms with Gasteiger partial charge in [0.2, 0.25) is 0 Å². The standard InChI is InChI=1S/C10H10O2.C6H14/c1-12-10(11)8-7-9-5-3-2-4-6-9;1-5(2)6(3)4/h2-8H,1H3;5-6H,1-4H3/b8-7+;. The van der Waals surface area contributed by atoms with E-state index < -0.39 is 0 Å². The smallest absolute Gasteiger partial charge is 0.330 e. The van der Waals surface area contributed by atoms with E-state index in [1.54, 1.807) is 6.08 Å². The number of methoxy groups -OCH3 is 1. The minimum absolute atomic E-state index is 0.334. The summed E-state index contributed by atoms with van der Waals surface area (Å²) in [5.41, 5.74) is 0.989. The van der Waals surface area contributed by atoms with Crippen molar-refractivity contribution in [3.05, 3.63) is 42.0 Å². The molecule has 2 nitrogen and oxygen atoms in total. The third kappa shape index (κ3) is 8.57. The number of benzene rings is 1. The molecule has 100 valence electrons. The molecule has 0 saturated carbocycles. The van der Waals surface area contributed by atoms with Crippen molar-refractivity contribution in [1.29, 1.82) is 0 Å². The molecule has 0 aliphatic heterocycles. The molecule has 0 atom stereocenters. The molecule has 0 saturated heterocycles. The molecular weight excluding hydrogens is 224 g/mol. The molecule has 0 aliphatic carbocycles. The number of ether oxygens (including phenoxy) is 1. The lowest BCUT2D eigenvalue weighted by Gasteiger charge is -2.05. The Hall–Kier alpha value is -1.57. The van der Waals surface area contributed by atoms with Gasteiger partial charge in [0.1, 0.15) is 0 Å². The molecule has 0 bridgehead atoms. The molecule has 18 heavy (non-hydrogen) atoms. The third-order valence-electron chi connectivity index (χ3n) is 2.75. The Balaban J connectivity index is 0.000000411. The van der Waals surface area contributed by atoms with Crippen LogP contribution in [-0.2, 0) is 9.53 Å². The summed E-state index contributed by atoms with van der Waals surface area (Å²) in [5, 5.41) is 0. The fourth-order valence-electron chi connectivity index (χ4n) is 0.796. The first-order chi connectivity index (χ1) is 8.47. The minimum Gasteiger partial charge on any atom is -0.466 e. The van der Waals surface area contributed by atoms with E-state index in [9.17, 15) is 4.79 Å². The van der Waals surface area contributed by atoms with Gasteiger partial charge in [-0.1, -0.05) is 58.0 Å². The van der Waals surface area contributed by atoms with Crippen LogP contribution in [0.25, 0.3) is 6.08 Å².